The number of hydrogen-bond donors (Lipinski definition) is 2. The average Bonchev–Trinajstić information content (AvgIpc) is 3.10. The zero-order chi connectivity index (χ0) is 19.1. The minimum absolute atomic E-state index is 0.0199. The van der Waals surface area contributed by atoms with Gasteiger partial charge in [0.15, 0.2) is 16.6 Å². The quantitative estimate of drug-likeness (QED) is 0.708. The average molecular weight is 380 g/mol. The van der Waals surface area contributed by atoms with Crippen LogP contribution in [0.5, 0.6) is 11.5 Å². The Morgan fingerprint density at radius 2 is 2.00 bits per heavy atom. The van der Waals surface area contributed by atoms with Gasteiger partial charge in [0.05, 0.1) is 20.1 Å². The molecule has 2 atom stereocenters. The molecule has 7 heteroatoms. The topological polar surface area (TPSA) is 62.8 Å². The lowest BCUT2D eigenvalue weighted by atomic mass is 9.87. The van der Waals surface area contributed by atoms with Crippen LogP contribution in [-0.4, -0.2) is 56.3 Å². The fraction of sp³-hybridized carbons (Fsp3) is 0.579. The third-order valence-corrected chi connectivity index (χ3v) is 5.06. The van der Waals surface area contributed by atoms with E-state index < -0.39 is 0 Å². The molecular weight excluding hydrogens is 350 g/mol. The Balaban J connectivity index is 2.35. The van der Waals surface area contributed by atoms with Crippen LogP contribution >= 0.6 is 12.2 Å². The molecule has 1 saturated heterocycles. The van der Waals surface area contributed by atoms with E-state index in [1.54, 1.807) is 14.2 Å². The van der Waals surface area contributed by atoms with E-state index in [1.165, 1.54) is 0 Å². The first-order valence-electron chi connectivity index (χ1n) is 9.08. The van der Waals surface area contributed by atoms with Crippen molar-refractivity contribution in [3.05, 3.63) is 23.8 Å². The van der Waals surface area contributed by atoms with Crippen molar-refractivity contribution >= 4 is 23.2 Å². The highest BCUT2D eigenvalue weighted by atomic mass is 32.1. The van der Waals surface area contributed by atoms with Crippen molar-refractivity contribution in [1.29, 1.82) is 0 Å². The van der Waals surface area contributed by atoms with Crippen LogP contribution < -0.4 is 20.1 Å². The van der Waals surface area contributed by atoms with Crippen LogP contribution in [0.2, 0.25) is 0 Å². The second-order valence-corrected chi connectivity index (χ2v) is 6.71. The van der Waals surface area contributed by atoms with Crippen LogP contribution in [0.25, 0.3) is 0 Å². The normalized spacial score (nSPS) is 19.2. The van der Waals surface area contributed by atoms with Crippen molar-refractivity contribution in [2.45, 2.75) is 26.2 Å². The maximum Gasteiger partial charge on any atom is 0.225 e. The van der Waals surface area contributed by atoms with Gasteiger partial charge in [-0.05, 0) is 31.6 Å². The zero-order valence-corrected chi connectivity index (χ0v) is 16.8. The molecule has 1 aliphatic heterocycles. The van der Waals surface area contributed by atoms with Gasteiger partial charge in [-0.2, -0.15) is 0 Å². The second kappa shape index (κ2) is 9.62. The lowest BCUT2D eigenvalue weighted by Gasteiger charge is -2.21. The summed E-state index contributed by atoms with van der Waals surface area (Å²) in [6.07, 6.45) is 0.908. The number of rotatable bonds is 7. The van der Waals surface area contributed by atoms with Gasteiger partial charge in [-0.1, -0.05) is 19.1 Å². The number of likely N-dealkylation sites (tertiary alicyclic amines) is 1. The molecule has 6 nitrogen and oxygen atoms in total. The maximum absolute atomic E-state index is 12.8. The lowest BCUT2D eigenvalue weighted by Crippen LogP contribution is -2.39. The number of benzene rings is 1. The number of nitrogens with one attached hydrogen (secondary N) is 2. The van der Waals surface area contributed by atoms with Gasteiger partial charge < -0.3 is 25.0 Å². The molecule has 0 aromatic heterocycles. The van der Waals surface area contributed by atoms with Crippen molar-refractivity contribution < 1.29 is 14.3 Å². The van der Waals surface area contributed by atoms with E-state index >= 15 is 0 Å². The lowest BCUT2D eigenvalue weighted by molar-refractivity contribution is -0.124. The Labute approximate surface area is 161 Å². The Morgan fingerprint density at radius 3 is 2.62 bits per heavy atom. The summed E-state index contributed by atoms with van der Waals surface area (Å²) in [5.74, 6) is 1.20. The van der Waals surface area contributed by atoms with Crippen LogP contribution in [0.15, 0.2) is 18.2 Å². The van der Waals surface area contributed by atoms with Gasteiger partial charge in [-0.3, -0.25) is 4.79 Å². The number of amides is 1. The van der Waals surface area contributed by atoms with Gasteiger partial charge >= 0.3 is 0 Å². The minimum Gasteiger partial charge on any atom is -0.493 e. The van der Waals surface area contributed by atoms with Crippen molar-refractivity contribution in [1.82, 2.24) is 15.5 Å². The molecule has 1 aliphatic rings. The van der Waals surface area contributed by atoms with Gasteiger partial charge in [-0.25, -0.2) is 0 Å². The number of para-hydroxylation sites is 1. The monoisotopic (exact) mass is 379 g/mol. The molecule has 0 bridgehead atoms. The molecule has 2 N–H and O–H groups in total. The van der Waals surface area contributed by atoms with E-state index in [0.717, 1.165) is 18.5 Å². The molecule has 2 rings (SSSR count). The highest BCUT2D eigenvalue weighted by Gasteiger charge is 2.40. The minimum atomic E-state index is -0.195. The predicted octanol–water partition coefficient (Wildman–Crippen LogP) is 2.14. The zero-order valence-electron chi connectivity index (χ0n) is 16.0. The van der Waals surface area contributed by atoms with Gasteiger partial charge in [0.25, 0.3) is 0 Å². The van der Waals surface area contributed by atoms with Gasteiger partial charge in [0.1, 0.15) is 0 Å². The Hall–Kier alpha value is -2.02. The molecule has 144 valence electrons. The van der Waals surface area contributed by atoms with Crippen molar-refractivity contribution in [3.63, 3.8) is 0 Å². The summed E-state index contributed by atoms with van der Waals surface area (Å²) < 4.78 is 11.0. The summed E-state index contributed by atoms with van der Waals surface area (Å²) in [6.45, 7) is 6.75. The molecule has 0 spiro atoms. The highest BCUT2D eigenvalue weighted by molar-refractivity contribution is 7.80. The van der Waals surface area contributed by atoms with Crippen LogP contribution in [-0.2, 0) is 4.79 Å². The third kappa shape index (κ3) is 4.38. The van der Waals surface area contributed by atoms with E-state index in [4.69, 9.17) is 21.7 Å². The molecular formula is C19H29N3O3S. The van der Waals surface area contributed by atoms with Crippen LogP contribution in [0.4, 0.5) is 0 Å². The SMILES string of the molecule is CCCNC(=O)C1CN(C(=S)NCC)CC1c1cccc(OC)c1OC. The largest absolute Gasteiger partial charge is 0.493 e. The summed E-state index contributed by atoms with van der Waals surface area (Å²) in [5.41, 5.74) is 0.977. The molecule has 0 aliphatic carbocycles. The van der Waals surface area contributed by atoms with E-state index in [9.17, 15) is 4.79 Å². The maximum atomic E-state index is 12.8. The Kier molecular flexibility index (Phi) is 7.50. The molecule has 1 aromatic rings. The highest BCUT2D eigenvalue weighted by Crippen LogP contribution is 2.41. The fourth-order valence-corrected chi connectivity index (χ4v) is 3.69. The van der Waals surface area contributed by atoms with E-state index in [-0.39, 0.29) is 17.7 Å². The molecule has 1 heterocycles. The molecule has 1 fully saturated rings. The number of carbonyl (C=O) groups excluding carboxylic acids is 1. The van der Waals surface area contributed by atoms with Gasteiger partial charge in [0, 0.05) is 37.7 Å². The third-order valence-electron chi connectivity index (χ3n) is 4.65. The Morgan fingerprint density at radius 1 is 1.23 bits per heavy atom. The number of hydrogen-bond acceptors (Lipinski definition) is 4. The summed E-state index contributed by atoms with van der Waals surface area (Å²) in [4.78, 5) is 14.9. The van der Waals surface area contributed by atoms with E-state index in [1.807, 2.05) is 32.0 Å². The van der Waals surface area contributed by atoms with Crippen molar-refractivity contribution in [3.8, 4) is 11.5 Å². The first-order chi connectivity index (χ1) is 12.6. The van der Waals surface area contributed by atoms with Crippen LogP contribution in [0.3, 0.4) is 0 Å². The standard InChI is InChI=1S/C19H29N3O3S/c1-5-10-21-18(23)15-12-22(19(26)20-6-2)11-14(15)13-8-7-9-16(24-3)17(13)25-4/h7-9,14-15H,5-6,10-12H2,1-4H3,(H,20,26)(H,21,23). The number of thiocarbonyl (C=S) groups is 1. The summed E-state index contributed by atoms with van der Waals surface area (Å²) in [7, 11) is 3.25. The molecule has 1 amide bonds. The predicted molar refractivity (Wildman–Crippen MR) is 107 cm³/mol. The molecule has 2 unspecified atom stereocenters. The molecule has 0 saturated carbocycles. The van der Waals surface area contributed by atoms with E-state index in [0.29, 0.717) is 36.2 Å². The fourth-order valence-electron chi connectivity index (χ4n) is 3.40. The van der Waals surface area contributed by atoms with E-state index in [2.05, 4.69) is 15.5 Å². The van der Waals surface area contributed by atoms with Gasteiger partial charge in [-0.15, -0.1) is 0 Å². The number of methoxy groups -OCH3 is 2. The molecule has 26 heavy (non-hydrogen) atoms. The smallest absolute Gasteiger partial charge is 0.225 e. The first kappa shape index (κ1) is 20.3. The number of nitrogens with zero attached hydrogens (tertiary/aromatic N) is 1. The van der Waals surface area contributed by atoms with Crippen LogP contribution in [0.1, 0.15) is 31.7 Å². The summed E-state index contributed by atoms with van der Waals surface area (Å²) >= 11 is 5.48. The second-order valence-electron chi connectivity index (χ2n) is 6.33. The summed E-state index contributed by atoms with van der Waals surface area (Å²) in [5, 5.41) is 6.90. The molecule has 1 aromatic carbocycles. The van der Waals surface area contributed by atoms with Crippen LogP contribution in [0, 0.1) is 5.92 Å². The molecule has 0 radical (unpaired) electrons. The number of carbonyl (C=O) groups is 1. The summed E-state index contributed by atoms with van der Waals surface area (Å²) in [6, 6.07) is 5.80. The first-order valence-corrected chi connectivity index (χ1v) is 9.49. The van der Waals surface area contributed by atoms with Gasteiger partial charge in [0.2, 0.25) is 5.91 Å². The van der Waals surface area contributed by atoms with Crippen molar-refractivity contribution in [2.24, 2.45) is 5.92 Å². The number of ether oxygens (including phenoxy) is 2. The van der Waals surface area contributed by atoms with Crippen molar-refractivity contribution in [2.75, 3.05) is 40.4 Å². The Bertz CT molecular complexity index is 638.